The predicted molar refractivity (Wildman–Crippen MR) is 186 cm³/mol. The summed E-state index contributed by atoms with van der Waals surface area (Å²) in [6.07, 6.45) is -1.72. The van der Waals surface area contributed by atoms with Crippen LogP contribution in [0.3, 0.4) is 0 Å². The van der Waals surface area contributed by atoms with Gasteiger partial charge in [0.15, 0.2) is 0 Å². The number of amides is 1. The Hall–Kier alpha value is -4.31. The van der Waals surface area contributed by atoms with E-state index in [0.717, 1.165) is 27.9 Å². The highest BCUT2D eigenvalue weighted by Crippen LogP contribution is 2.43. The van der Waals surface area contributed by atoms with Crippen molar-refractivity contribution in [3.05, 3.63) is 108 Å². The van der Waals surface area contributed by atoms with Crippen molar-refractivity contribution in [2.45, 2.75) is 90.7 Å². The Morgan fingerprint density at radius 1 is 0.875 bits per heavy atom. The molecule has 4 N–H and O–H groups in total. The minimum atomic E-state index is -1.09. The predicted octanol–water partition coefficient (Wildman–Crippen LogP) is 6.88. The minimum absolute atomic E-state index is 0.0132. The molecule has 0 saturated heterocycles. The van der Waals surface area contributed by atoms with E-state index < -0.39 is 23.8 Å². The van der Waals surface area contributed by atoms with Crippen molar-refractivity contribution >= 4 is 11.9 Å². The van der Waals surface area contributed by atoms with E-state index in [0.29, 0.717) is 24.2 Å². The Morgan fingerprint density at radius 2 is 1.46 bits per heavy atom. The summed E-state index contributed by atoms with van der Waals surface area (Å²) >= 11 is 0. The van der Waals surface area contributed by atoms with Crippen LogP contribution >= 0.6 is 0 Å². The number of carbonyl (C=O) groups is 2. The maximum atomic E-state index is 14.7. The van der Waals surface area contributed by atoms with Gasteiger partial charge in [0.05, 0.1) is 25.3 Å². The zero-order valence-electron chi connectivity index (χ0n) is 28.5. The molecule has 4 rings (SSSR count). The smallest absolute Gasteiger partial charge is 0.308 e. The molecule has 1 amide bonds. The third-order valence-electron chi connectivity index (χ3n) is 8.03. The van der Waals surface area contributed by atoms with Crippen molar-refractivity contribution in [1.29, 1.82) is 0 Å². The summed E-state index contributed by atoms with van der Waals surface area (Å²) in [5, 5.41) is 21.7. The molecule has 0 fully saturated rings. The Kier molecular flexibility index (Phi) is 12.3. The molecular weight excluding hydrogens is 609 g/mol. The number of hydrogen-bond acceptors (Lipinski definition) is 6. The fourth-order valence-corrected chi connectivity index (χ4v) is 6.04. The fourth-order valence-electron chi connectivity index (χ4n) is 6.04. The standard InChI is InChI=1S/C39H48FN3O5/c1-26(2)43-33(21-20-31(44)22-32(45)23-34(46)48-39(3,4)5)35(29-16-18-30(40)19-17-29)36(28-14-10-7-11-15-28)37(43)38(47)42(25-41)24-27-12-8-6-9-13-27/h6-19,26,31-32,44-45H,20-25,41H2,1-5H3. The molecule has 0 radical (unpaired) electrons. The van der Waals surface area contributed by atoms with Gasteiger partial charge in [-0.1, -0.05) is 72.8 Å². The average Bonchev–Trinajstić information content (AvgIpc) is 3.38. The lowest BCUT2D eigenvalue weighted by Crippen LogP contribution is -2.37. The van der Waals surface area contributed by atoms with Gasteiger partial charge in [-0.25, -0.2) is 4.39 Å². The summed E-state index contributed by atoms with van der Waals surface area (Å²) in [5.41, 5.74) is 10.7. The maximum Gasteiger partial charge on any atom is 0.308 e. The molecule has 2 atom stereocenters. The summed E-state index contributed by atoms with van der Waals surface area (Å²) in [4.78, 5) is 28.6. The van der Waals surface area contributed by atoms with Gasteiger partial charge in [0.1, 0.15) is 17.1 Å². The molecule has 0 aliphatic heterocycles. The number of aliphatic hydroxyl groups is 2. The Bertz CT molecular complexity index is 1650. The van der Waals surface area contributed by atoms with E-state index in [9.17, 15) is 24.2 Å². The SMILES string of the molecule is CC(C)n1c(CCC(O)CC(O)CC(=O)OC(C)(C)C)c(-c2ccc(F)cc2)c(-c2ccccc2)c1C(=O)N(CN)Cc1ccccc1. The van der Waals surface area contributed by atoms with Crippen molar-refractivity contribution in [3.8, 4) is 22.3 Å². The van der Waals surface area contributed by atoms with Crippen LogP contribution in [0.5, 0.6) is 0 Å². The quantitative estimate of drug-likeness (QED) is 0.101. The van der Waals surface area contributed by atoms with Crippen molar-refractivity contribution < 1.29 is 28.9 Å². The number of esters is 1. The number of carbonyl (C=O) groups excluding carboxylic acids is 2. The second-order valence-corrected chi connectivity index (χ2v) is 13.4. The van der Waals surface area contributed by atoms with Gasteiger partial charge in [0.25, 0.3) is 5.91 Å². The number of nitrogens with zero attached hydrogens (tertiary/aromatic N) is 2. The fraction of sp³-hybridized carbons (Fsp3) is 0.385. The molecule has 8 nitrogen and oxygen atoms in total. The van der Waals surface area contributed by atoms with Crippen molar-refractivity contribution in [2.75, 3.05) is 6.67 Å². The average molecular weight is 658 g/mol. The molecule has 0 aliphatic rings. The van der Waals surface area contributed by atoms with E-state index in [1.807, 2.05) is 79.1 Å². The molecule has 4 aromatic rings. The van der Waals surface area contributed by atoms with E-state index in [1.165, 1.54) is 12.1 Å². The number of rotatable bonds is 14. The molecule has 0 spiro atoms. The van der Waals surface area contributed by atoms with Crippen LogP contribution in [0.2, 0.25) is 0 Å². The third-order valence-corrected chi connectivity index (χ3v) is 8.03. The highest BCUT2D eigenvalue weighted by atomic mass is 19.1. The van der Waals surface area contributed by atoms with E-state index >= 15 is 0 Å². The monoisotopic (exact) mass is 657 g/mol. The Balaban J connectivity index is 1.81. The summed E-state index contributed by atoms with van der Waals surface area (Å²) in [5.74, 6) is -1.17. The summed E-state index contributed by atoms with van der Waals surface area (Å²) in [6.45, 7) is 9.55. The van der Waals surface area contributed by atoms with E-state index in [-0.39, 0.29) is 43.7 Å². The number of benzene rings is 3. The van der Waals surface area contributed by atoms with E-state index in [1.54, 1.807) is 37.8 Å². The third kappa shape index (κ3) is 9.40. The molecule has 0 aliphatic carbocycles. The molecular formula is C39H48FN3O5. The van der Waals surface area contributed by atoms with Crippen LogP contribution in [0.1, 0.15) is 81.7 Å². The highest BCUT2D eigenvalue weighted by molar-refractivity contribution is 6.05. The summed E-state index contributed by atoms with van der Waals surface area (Å²) in [7, 11) is 0. The number of nitrogens with two attached hydrogens (primary N) is 1. The maximum absolute atomic E-state index is 14.7. The van der Waals surface area contributed by atoms with Gasteiger partial charge in [0, 0.05) is 29.4 Å². The molecule has 9 heteroatoms. The van der Waals surface area contributed by atoms with Crippen LogP contribution in [0.4, 0.5) is 4.39 Å². The molecule has 1 heterocycles. The molecule has 1 aromatic heterocycles. The van der Waals surface area contributed by atoms with Crippen LogP contribution in [0.15, 0.2) is 84.9 Å². The Labute approximate surface area is 283 Å². The van der Waals surface area contributed by atoms with Gasteiger partial charge >= 0.3 is 5.97 Å². The molecule has 0 saturated carbocycles. The first-order valence-electron chi connectivity index (χ1n) is 16.5. The topological polar surface area (TPSA) is 118 Å². The van der Waals surface area contributed by atoms with Gasteiger partial charge in [-0.15, -0.1) is 0 Å². The first-order chi connectivity index (χ1) is 22.8. The lowest BCUT2D eigenvalue weighted by molar-refractivity contribution is -0.157. The number of aromatic nitrogens is 1. The van der Waals surface area contributed by atoms with Crippen molar-refractivity contribution in [3.63, 3.8) is 0 Å². The normalized spacial score (nSPS) is 13.0. The van der Waals surface area contributed by atoms with Gasteiger partial charge in [0.2, 0.25) is 0 Å². The van der Waals surface area contributed by atoms with Crippen LogP contribution in [0, 0.1) is 5.82 Å². The lowest BCUT2D eigenvalue weighted by atomic mass is 9.92. The number of halogens is 1. The van der Waals surface area contributed by atoms with Gasteiger partial charge in [-0.3, -0.25) is 9.59 Å². The van der Waals surface area contributed by atoms with Crippen molar-refractivity contribution in [1.82, 2.24) is 9.47 Å². The molecule has 256 valence electrons. The summed E-state index contributed by atoms with van der Waals surface area (Å²) < 4.78 is 21.5. The zero-order valence-corrected chi connectivity index (χ0v) is 28.5. The number of aliphatic hydroxyl groups excluding tert-OH is 2. The second kappa shape index (κ2) is 16.2. The van der Waals surface area contributed by atoms with Crippen molar-refractivity contribution in [2.24, 2.45) is 5.73 Å². The van der Waals surface area contributed by atoms with Crippen LogP contribution in [-0.2, 0) is 22.5 Å². The molecule has 2 unspecified atom stereocenters. The van der Waals surface area contributed by atoms with E-state index in [2.05, 4.69) is 0 Å². The minimum Gasteiger partial charge on any atom is -0.460 e. The van der Waals surface area contributed by atoms with Crippen LogP contribution in [0.25, 0.3) is 22.3 Å². The zero-order chi connectivity index (χ0) is 35.0. The number of ether oxygens (including phenoxy) is 1. The van der Waals surface area contributed by atoms with Crippen LogP contribution < -0.4 is 5.73 Å². The van der Waals surface area contributed by atoms with Gasteiger partial charge in [-0.05, 0) is 82.7 Å². The summed E-state index contributed by atoms with van der Waals surface area (Å²) in [6, 6.07) is 25.3. The molecule has 48 heavy (non-hydrogen) atoms. The lowest BCUT2D eigenvalue weighted by Gasteiger charge is -2.25. The first kappa shape index (κ1) is 36.5. The van der Waals surface area contributed by atoms with E-state index in [4.69, 9.17) is 10.5 Å². The molecule has 0 bridgehead atoms. The van der Waals surface area contributed by atoms with Crippen LogP contribution in [-0.4, -0.2) is 56.0 Å². The highest BCUT2D eigenvalue weighted by Gasteiger charge is 2.32. The number of hydrogen-bond donors (Lipinski definition) is 3. The second-order valence-electron chi connectivity index (χ2n) is 13.4. The van der Waals surface area contributed by atoms with Gasteiger partial charge in [-0.2, -0.15) is 0 Å². The van der Waals surface area contributed by atoms with Gasteiger partial charge < -0.3 is 30.2 Å². The first-order valence-corrected chi connectivity index (χ1v) is 16.5. The largest absolute Gasteiger partial charge is 0.460 e. The molecule has 3 aromatic carbocycles. The Morgan fingerprint density at radius 3 is 2.02 bits per heavy atom.